The van der Waals surface area contributed by atoms with E-state index in [1.54, 1.807) is 0 Å². The van der Waals surface area contributed by atoms with Crippen molar-refractivity contribution < 1.29 is 14.3 Å². The fourth-order valence-electron chi connectivity index (χ4n) is 1.60. The molecular weight excluding hydrogens is 170 g/mol. The third kappa shape index (κ3) is 1.62. The maximum atomic E-state index is 11.1. The molecule has 13 heavy (non-hydrogen) atoms. The molecule has 0 saturated carbocycles. The van der Waals surface area contributed by atoms with Gasteiger partial charge in [0.1, 0.15) is 0 Å². The summed E-state index contributed by atoms with van der Waals surface area (Å²) in [5, 5.41) is 0. The van der Waals surface area contributed by atoms with Crippen LogP contribution in [0.1, 0.15) is 12.8 Å². The minimum atomic E-state index is -0.222. The maximum absolute atomic E-state index is 11.1. The zero-order chi connectivity index (χ0) is 9.26. The first-order valence-corrected chi connectivity index (χ1v) is 4.42. The molecular formula is C9H11NO3. The molecule has 1 unspecified atom stereocenters. The molecule has 0 N–H and O–H groups in total. The normalized spacial score (nSPS) is 27.7. The van der Waals surface area contributed by atoms with Gasteiger partial charge < -0.3 is 4.74 Å². The Morgan fingerprint density at radius 3 is 2.62 bits per heavy atom. The quantitative estimate of drug-likeness (QED) is 0.567. The second-order valence-corrected chi connectivity index (χ2v) is 3.26. The van der Waals surface area contributed by atoms with Crippen LogP contribution < -0.4 is 0 Å². The average Bonchev–Trinajstić information content (AvgIpc) is 2.70. The molecule has 0 radical (unpaired) electrons. The van der Waals surface area contributed by atoms with Gasteiger partial charge in [0, 0.05) is 18.8 Å². The summed E-state index contributed by atoms with van der Waals surface area (Å²) in [6, 6.07) is 0. The van der Waals surface area contributed by atoms with E-state index in [0.29, 0.717) is 6.54 Å². The predicted molar refractivity (Wildman–Crippen MR) is 44.8 cm³/mol. The standard InChI is InChI=1S/C9H11NO3/c11-8-3-4-9(12)10(8)6-7-2-1-5-13-7/h3-4,7H,1-2,5-6H2. The Balaban J connectivity index is 1.94. The van der Waals surface area contributed by atoms with E-state index in [2.05, 4.69) is 0 Å². The summed E-state index contributed by atoms with van der Waals surface area (Å²) in [7, 11) is 0. The largest absolute Gasteiger partial charge is 0.376 e. The molecule has 1 fully saturated rings. The van der Waals surface area contributed by atoms with Crippen LogP contribution in [-0.4, -0.2) is 36.0 Å². The van der Waals surface area contributed by atoms with Gasteiger partial charge in [-0.25, -0.2) is 0 Å². The highest BCUT2D eigenvalue weighted by molar-refractivity contribution is 6.12. The molecule has 4 nitrogen and oxygen atoms in total. The van der Waals surface area contributed by atoms with Crippen LogP contribution in [0.4, 0.5) is 0 Å². The Labute approximate surface area is 76.2 Å². The fraction of sp³-hybridized carbons (Fsp3) is 0.556. The van der Waals surface area contributed by atoms with Crippen LogP contribution >= 0.6 is 0 Å². The molecule has 1 atom stereocenters. The number of imide groups is 1. The number of ether oxygens (including phenoxy) is 1. The Morgan fingerprint density at radius 2 is 2.08 bits per heavy atom. The van der Waals surface area contributed by atoms with E-state index >= 15 is 0 Å². The monoisotopic (exact) mass is 181 g/mol. The van der Waals surface area contributed by atoms with Crippen molar-refractivity contribution in [1.82, 2.24) is 4.90 Å². The van der Waals surface area contributed by atoms with Crippen LogP contribution in [0.5, 0.6) is 0 Å². The van der Waals surface area contributed by atoms with Crippen LogP contribution in [0.15, 0.2) is 12.2 Å². The summed E-state index contributed by atoms with van der Waals surface area (Å²) >= 11 is 0. The zero-order valence-corrected chi connectivity index (χ0v) is 7.23. The summed E-state index contributed by atoms with van der Waals surface area (Å²) in [5.74, 6) is -0.444. The Bertz CT molecular complexity index is 248. The summed E-state index contributed by atoms with van der Waals surface area (Å²) in [6.07, 6.45) is 4.62. The zero-order valence-electron chi connectivity index (χ0n) is 7.23. The molecule has 2 rings (SSSR count). The van der Waals surface area contributed by atoms with Gasteiger partial charge in [-0.1, -0.05) is 0 Å². The number of carbonyl (C=O) groups is 2. The van der Waals surface area contributed by atoms with E-state index in [1.165, 1.54) is 17.1 Å². The van der Waals surface area contributed by atoms with E-state index in [1.807, 2.05) is 0 Å². The maximum Gasteiger partial charge on any atom is 0.253 e. The van der Waals surface area contributed by atoms with Gasteiger partial charge in [0.05, 0.1) is 12.6 Å². The van der Waals surface area contributed by atoms with E-state index in [4.69, 9.17) is 4.74 Å². The highest BCUT2D eigenvalue weighted by Gasteiger charge is 2.28. The van der Waals surface area contributed by atoms with Crippen LogP contribution in [0, 0.1) is 0 Å². The molecule has 0 aliphatic carbocycles. The van der Waals surface area contributed by atoms with Gasteiger partial charge in [0.15, 0.2) is 0 Å². The molecule has 2 heterocycles. The Morgan fingerprint density at radius 1 is 1.38 bits per heavy atom. The van der Waals surface area contributed by atoms with Gasteiger partial charge >= 0.3 is 0 Å². The average molecular weight is 181 g/mol. The second kappa shape index (κ2) is 3.30. The van der Waals surface area contributed by atoms with Gasteiger partial charge in [-0.15, -0.1) is 0 Å². The van der Waals surface area contributed by atoms with Crippen LogP contribution in [-0.2, 0) is 14.3 Å². The van der Waals surface area contributed by atoms with Gasteiger partial charge in [-0.05, 0) is 12.8 Å². The van der Waals surface area contributed by atoms with Gasteiger partial charge in [-0.2, -0.15) is 0 Å². The minimum absolute atomic E-state index is 0.0489. The third-order valence-electron chi connectivity index (χ3n) is 2.31. The van der Waals surface area contributed by atoms with Crippen molar-refractivity contribution in [2.24, 2.45) is 0 Å². The van der Waals surface area contributed by atoms with Crippen LogP contribution in [0.25, 0.3) is 0 Å². The molecule has 0 spiro atoms. The summed E-state index contributed by atoms with van der Waals surface area (Å²) in [5.41, 5.74) is 0. The Kier molecular flexibility index (Phi) is 2.14. The van der Waals surface area contributed by atoms with Crippen molar-refractivity contribution in [1.29, 1.82) is 0 Å². The lowest BCUT2D eigenvalue weighted by Gasteiger charge is -2.17. The van der Waals surface area contributed by atoms with Crippen molar-refractivity contribution >= 4 is 11.8 Å². The first-order chi connectivity index (χ1) is 6.27. The highest BCUT2D eigenvalue weighted by Crippen LogP contribution is 2.15. The summed E-state index contributed by atoms with van der Waals surface area (Å²) in [4.78, 5) is 23.5. The minimum Gasteiger partial charge on any atom is -0.376 e. The fourth-order valence-corrected chi connectivity index (χ4v) is 1.60. The van der Waals surface area contributed by atoms with E-state index in [9.17, 15) is 9.59 Å². The van der Waals surface area contributed by atoms with Crippen LogP contribution in [0.3, 0.4) is 0 Å². The lowest BCUT2D eigenvalue weighted by Crippen LogP contribution is -2.36. The predicted octanol–water partition coefficient (Wildman–Crippen LogP) is 0.0904. The molecule has 70 valence electrons. The molecule has 2 aliphatic rings. The molecule has 0 aromatic carbocycles. The van der Waals surface area contributed by atoms with Gasteiger partial charge in [0.2, 0.25) is 0 Å². The smallest absolute Gasteiger partial charge is 0.253 e. The highest BCUT2D eigenvalue weighted by atomic mass is 16.5. The summed E-state index contributed by atoms with van der Waals surface area (Å²) in [6.45, 7) is 1.15. The Hall–Kier alpha value is -1.16. The van der Waals surface area contributed by atoms with Crippen molar-refractivity contribution in [2.75, 3.05) is 13.2 Å². The van der Waals surface area contributed by atoms with E-state index in [0.717, 1.165) is 19.4 Å². The summed E-state index contributed by atoms with van der Waals surface area (Å²) < 4.78 is 5.34. The number of hydrogen-bond donors (Lipinski definition) is 0. The van der Waals surface area contributed by atoms with Crippen molar-refractivity contribution in [2.45, 2.75) is 18.9 Å². The van der Waals surface area contributed by atoms with Crippen molar-refractivity contribution in [3.8, 4) is 0 Å². The molecule has 4 heteroatoms. The lowest BCUT2D eigenvalue weighted by molar-refractivity contribution is -0.138. The number of nitrogens with zero attached hydrogens (tertiary/aromatic N) is 1. The first-order valence-electron chi connectivity index (χ1n) is 4.42. The van der Waals surface area contributed by atoms with E-state index < -0.39 is 0 Å². The third-order valence-corrected chi connectivity index (χ3v) is 2.31. The molecule has 1 saturated heterocycles. The van der Waals surface area contributed by atoms with Gasteiger partial charge in [0.25, 0.3) is 11.8 Å². The van der Waals surface area contributed by atoms with Gasteiger partial charge in [-0.3, -0.25) is 14.5 Å². The van der Waals surface area contributed by atoms with Crippen LogP contribution in [0.2, 0.25) is 0 Å². The number of carbonyl (C=O) groups excluding carboxylic acids is 2. The number of amides is 2. The molecule has 2 aliphatic heterocycles. The SMILES string of the molecule is O=C1C=CC(=O)N1CC1CCCO1. The topological polar surface area (TPSA) is 46.6 Å². The molecule has 0 aromatic heterocycles. The molecule has 0 aromatic rings. The number of rotatable bonds is 2. The molecule has 0 bridgehead atoms. The van der Waals surface area contributed by atoms with Crippen molar-refractivity contribution in [3.05, 3.63) is 12.2 Å². The molecule has 2 amide bonds. The van der Waals surface area contributed by atoms with E-state index in [-0.39, 0.29) is 17.9 Å². The first kappa shape index (κ1) is 8.44. The van der Waals surface area contributed by atoms with Crippen molar-refractivity contribution in [3.63, 3.8) is 0 Å². The lowest BCUT2D eigenvalue weighted by atomic mass is 10.2. The number of hydrogen-bond acceptors (Lipinski definition) is 3. The second-order valence-electron chi connectivity index (χ2n) is 3.26.